The molecule has 3 atom stereocenters. The molecule has 0 saturated heterocycles. The van der Waals surface area contributed by atoms with Crippen molar-refractivity contribution in [2.45, 2.75) is 24.5 Å². The van der Waals surface area contributed by atoms with Gasteiger partial charge in [0.15, 0.2) is 6.10 Å². The van der Waals surface area contributed by atoms with Crippen LogP contribution >= 0.6 is 0 Å². The van der Waals surface area contributed by atoms with E-state index in [4.69, 9.17) is 14.9 Å². The van der Waals surface area contributed by atoms with Crippen LogP contribution in [0.25, 0.3) is 0 Å². The molecule has 1 unspecified atom stereocenters. The summed E-state index contributed by atoms with van der Waals surface area (Å²) in [5.74, 6) is -0.965. The van der Waals surface area contributed by atoms with Gasteiger partial charge >= 0.3 is 12.3 Å². The fourth-order valence-corrected chi connectivity index (χ4v) is 2.33. The molecule has 21 heavy (non-hydrogen) atoms. The van der Waals surface area contributed by atoms with Gasteiger partial charge in [0.1, 0.15) is 11.9 Å². The van der Waals surface area contributed by atoms with E-state index in [1.54, 1.807) is 12.2 Å². The Morgan fingerprint density at radius 2 is 1.71 bits per heavy atom. The SMILES string of the molecule is O=C(O)O[C@@H]1CC=CC(c2ccc(F)cc2)[C@@H]1OC(=O)O. The van der Waals surface area contributed by atoms with Gasteiger partial charge in [0.25, 0.3) is 0 Å². The van der Waals surface area contributed by atoms with E-state index in [9.17, 15) is 14.0 Å². The highest BCUT2D eigenvalue weighted by Gasteiger charge is 2.37. The summed E-state index contributed by atoms with van der Waals surface area (Å²) in [4.78, 5) is 21.5. The fourth-order valence-electron chi connectivity index (χ4n) is 2.33. The van der Waals surface area contributed by atoms with E-state index in [1.165, 1.54) is 24.3 Å². The molecule has 0 spiro atoms. The normalized spacial score (nSPS) is 24.3. The van der Waals surface area contributed by atoms with Gasteiger partial charge in [-0.3, -0.25) is 0 Å². The zero-order valence-corrected chi connectivity index (χ0v) is 10.8. The number of benzene rings is 1. The molecule has 6 nitrogen and oxygen atoms in total. The maximum absolute atomic E-state index is 13.0. The Kier molecular flexibility index (Phi) is 4.42. The summed E-state index contributed by atoms with van der Waals surface area (Å²) < 4.78 is 22.4. The fraction of sp³-hybridized carbons (Fsp3) is 0.286. The molecule has 0 bridgehead atoms. The number of carboxylic acid groups (broad SMARTS) is 2. The van der Waals surface area contributed by atoms with Crippen LogP contribution in [-0.2, 0) is 9.47 Å². The Bertz CT molecular complexity index is 553. The Balaban J connectivity index is 2.29. The van der Waals surface area contributed by atoms with Crippen molar-refractivity contribution in [3.8, 4) is 0 Å². The minimum atomic E-state index is -1.53. The zero-order valence-electron chi connectivity index (χ0n) is 10.8. The van der Waals surface area contributed by atoms with Gasteiger partial charge in [0.05, 0.1) is 0 Å². The van der Waals surface area contributed by atoms with Gasteiger partial charge in [-0.2, -0.15) is 0 Å². The predicted molar refractivity (Wildman–Crippen MR) is 68.7 cm³/mol. The first kappa shape index (κ1) is 14.8. The molecule has 112 valence electrons. The third kappa shape index (κ3) is 3.71. The molecule has 0 amide bonds. The van der Waals surface area contributed by atoms with Gasteiger partial charge in [0, 0.05) is 12.3 Å². The smallest absolute Gasteiger partial charge is 0.450 e. The van der Waals surface area contributed by atoms with Crippen LogP contribution in [0.2, 0.25) is 0 Å². The summed E-state index contributed by atoms with van der Waals surface area (Å²) in [6.45, 7) is 0. The lowest BCUT2D eigenvalue weighted by molar-refractivity contribution is -0.0472. The van der Waals surface area contributed by atoms with Crippen molar-refractivity contribution in [2.24, 2.45) is 0 Å². The molecule has 1 aromatic carbocycles. The minimum Gasteiger partial charge on any atom is -0.450 e. The summed E-state index contributed by atoms with van der Waals surface area (Å²) in [7, 11) is 0. The predicted octanol–water partition coefficient (Wildman–Crippen LogP) is 3.00. The van der Waals surface area contributed by atoms with Crippen LogP contribution in [0.5, 0.6) is 0 Å². The van der Waals surface area contributed by atoms with Crippen molar-refractivity contribution in [2.75, 3.05) is 0 Å². The van der Waals surface area contributed by atoms with Crippen molar-refractivity contribution in [1.82, 2.24) is 0 Å². The molecular weight excluding hydrogens is 283 g/mol. The van der Waals surface area contributed by atoms with Crippen molar-refractivity contribution in [3.05, 3.63) is 47.8 Å². The van der Waals surface area contributed by atoms with E-state index in [1.807, 2.05) is 0 Å². The van der Waals surface area contributed by atoms with E-state index >= 15 is 0 Å². The average molecular weight is 296 g/mol. The Morgan fingerprint density at radius 3 is 2.29 bits per heavy atom. The minimum absolute atomic E-state index is 0.210. The number of rotatable bonds is 3. The highest BCUT2D eigenvalue weighted by atomic mass is 19.1. The van der Waals surface area contributed by atoms with Crippen molar-refractivity contribution in [3.63, 3.8) is 0 Å². The van der Waals surface area contributed by atoms with Crippen LogP contribution in [0, 0.1) is 5.82 Å². The lowest BCUT2D eigenvalue weighted by Crippen LogP contribution is -2.40. The maximum atomic E-state index is 13.0. The van der Waals surface area contributed by atoms with Gasteiger partial charge < -0.3 is 19.7 Å². The Morgan fingerprint density at radius 1 is 1.10 bits per heavy atom. The van der Waals surface area contributed by atoms with E-state index < -0.39 is 36.3 Å². The molecule has 0 fully saturated rings. The number of hydrogen-bond donors (Lipinski definition) is 2. The summed E-state index contributed by atoms with van der Waals surface area (Å²) in [5.41, 5.74) is 0.609. The van der Waals surface area contributed by atoms with E-state index in [0.717, 1.165) is 0 Å². The second-order valence-electron chi connectivity index (χ2n) is 4.51. The molecule has 0 aromatic heterocycles. The number of ether oxygens (including phenoxy) is 2. The largest absolute Gasteiger partial charge is 0.506 e. The first-order chi connectivity index (χ1) is 9.97. The summed E-state index contributed by atoms with van der Waals surface area (Å²) in [5, 5.41) is 17.5. The zero-order chi connectivity index (χ0) is 15.4. The summed E-state index contributed by atoms with van der Waals surface area (Å²) >= 11 is 0. The third-order valence-electron chi connectivity index (χ3n) is 3.18. The van der Waals surface area contributed by atoms with Gasteiger partial charge in [-0.1, -0.05) is 24.3 Å². The van der Waals surface area contributed by atoms with Crippen LogP contribution in [0.4, 0.5) is 14.0 Å². The van der Waals surface area contributed by atoms with Crippen LogP contribution in [0.3, 0.4) is 0 Å². The standard InChI is InChI=1S/C14H13FO6/c15-9-6-4-8(5-7-9)10-2-1-3-11(20-13(16)17)12(10)21-14(18)19/h1-2,4-7,10-12H,3H2,(H,16,17)(H,18,19)/t10?,11-,12+/m1/s1. The molecule has 2 rings (SSSR count). The van der Waals surface area contributed by atoms with Crippen molar-refractivity contribution in [1.29, 1.82) is 0 Å². The molecule has 1 aliphatic rings. The van der Waals surface area contributed by atoms with Crippen LogP contribution in [0.15, 0.2) is 36.4 Å². The lowest BCUT2D eigenvalue weighted by atomic mass is 9.85. The number of carbonyl (C=O) groups is 2. The molecular formula is C14H13FO6. The summed E-state index contributed by atoms with van der Waals surface area (Å²) in [6, 6.07) is 5.46. The third-order valence-corrected chi connectivity index (χ3v) is 3.18. The first-order valence-electron chi connectivity index (χ1n) is 6.18. The van der Waals surface area contributed by atoms with Crippen molar-refractivity contribution >= 4 is 12.3 Å². The van der Waals surface area contributed by atoms with Gasteiger partial charge in [-0.15, -0.1) is 0 Å². The topological polar surface area (TPSA) is 93.1 Å². The Labute approximate surface area is 119 Å². The molecule has 1 aliphatic carbocycles. The second kappa shape index (κ2) is 6.25. The van der Waals surface area contributed by atoms with Gasteiger partial charge in [0.2, 0.25) is 0 Å². The molecule has 0 aliphatic heterocycles. The average Bonchev–Trinajstić information content (AvgIpc) is 2.41. The van der Waals surface area contributed by atoms with E-state index in [-0.39, 0.29) is 6.42 Å². The Hall–Kier alpha value is -2.57. The van der Waals surface area contributed by atoms with Crippen molar-refractivity contribution < 1.29 is 33.7 Å². The molecule has 0 saturated carbocycles. The van der Waals surface area contributed by atoms with Crippen LogP contribution < -0.4 is 0 Å². The number of halogens is 1. The first-order valence-corrected chi connectivity index (χ1v) is 6.18. The van der Waals surface area contributed by atoms with Crippen LogP contribution in [0.1, 0.15) is 17.9 Å². The number of hydrogen-bond acceptors (Lipinski definition) is 4. The van der Waals surface area contributed by atoms with Gasteiger partial charge in [-0.25, -0.2) is 14.0 Å². The molecule has 7 heteroatoms. The molecule has 1 aromatic rings. The van der Waals surface area contributed by atoms with E-state index in [0.29, 0.717) is 5.56 Å². The quantitative estimate of drug-likeness (QED) is 0.658. The lowest BCUT2D eigenvalue weighted by Gasteiger charge is -2.32. The molecule has 2 N–H and O–H groups in total. The monoisotopic (exact) mass is 296 g/mol. The molecule has 0 heterocycles. The highest BCUT2D eigenvalue weighted by molar-refractivity contribution is 5.59. The highest BCUT2D eigenvalue weighted by Crippen LogP contribution is 2.32. The van der Waals surface area contributed by atoms with E-state index in [2.05, 4.69) is 4.74 Å². The second-order valence-corrected chi connectivity index (χ2v) is 4.51. The molecule has 0 radical (unpaired) electrons. The van der Waals surface area contributed by atoms with Gasteiger partial charge in [-0.05, 0) is 17.7 Å². The maximum Gasteiger partial charge on any atom is 0.506 e. The van der Waals surface area contributed by atoms with Crippen LogP contribution in [-0.4, -0.2) is 34.7 Å². The summed E-state index contributed by atoms with van der Waals surface area (Å²) in [6.07, 6.45) is -1.41.